The van der Waals surface area contributed by atoms with Crippen molar-refractivity contribution in [2.75, 3.05) is 59.6 Å². The van der Waals surface area contributed by atoms with Gasteiger partial charge in [0, 0.05) is 31.6 Å². The van der Waals surface area contributed by atoms with Crippen LogP contribution in [0.15, 0.2) is 24.3 Å². The maximum Gasteiger partial charge on any atom is 0.237 e. The molecule has 0 radical (unpaired) electrons. The summed E-state index contributed by atoms with van der Waals surface area (Å²) in [5.74, 6) is 2.25. The van der Waals surface area contributed by atoms with Crippen LogP contribution < -0.4 is 4.74 Å². The molecule has 6 nitrogen and oxygen atoms in total. The Hall–Kier alpha value is -1.63. The average molecular weight is 386 g/mol. The van der Waals surface area contributed by atoms with E-state index in [2.05, 4.69) is 39.0 Å². The molecule has 0 saturated carbocycles. The molecule has 6 heteroatoms. The summed E-state index contributed by atoms with van der Waals surface area (Å²) in [6, 6.07) is 9.34. The van der Waals surface area contributed by atoms with Crippen molar-refractivity contribution >= 4 is 5.91 Å². The van der Waals surface area contributed by atoms with Crippen LogP contribution in [-0.4, -0.2) is 92.3 Å². The molecule has 5 aliphatic heterocycles. The molecule has 5 aliphatic rings. The van der Waals surface area contributed by atoms with Gasteiger partial charge < -0.3 is 14.4 Å². The molecule has 6 rings (SSSR count). The first kappa shape index (κ1) is 18.4. The highest BCUT2D eigenvalue weighted by Crippen LogP contribution is 2.46. The van der Waals surface area contributed by atoms with Crippen LogP contribution in [0.25, 0.3) is 0 Å². The lowest BCUT2D eigenvalue weighted by Crippen LogP contribution is -2.61. The number of piperidine rings is 3. The molecule has 152 valence electrons. The number of carbonyl (C=O) groups is 1. The minimum absolute atomic E-state index is 0.307. The zero-order valence-corrected chi connectivity index (χ0v) is 16.8. The molecule has 28 heavy (non-hydrogen) atoms. The number of rotatable bonds is 4. The fraction of sp³-hybridized carbons (Fsp3) is 0.682. The Morgan fingerprint density at radius 1 is 1.07 bits per heavy atom. The van der Waals surface area contributed by atoms with E-state index in [1.54, 1.807) is 7.11 Å². The molecule has 2 bridgehead atoms. The van der Waals surface area contributed by atoms with Gasteiger partial charge in [-0.3, -0.25) is 14.6 Å². The summed E-state index contributed by atoms with van der Waals surface area (Å²) in [4.78, 5) is 20.5. The third-order valence-electron chi connectivity index (χ3n) is 7.32. The van der Waals surface area contributed by atoms with Gasteiger partial charge in [-0.15, -0.1) is 0 Å². The van der Waals surface area contributed by atoms with Crippen LogP contribution in [0.5, 0.6) is 5.75 Å². The molecule has 5 saturated heterocycles. The third kappa shape index (κ3) is 3.21. The Morgan fingerprint density at radius 2 is 1.79 bits per heavy atom. The van der Waals surface area contributed by atoms with Crippen molar-refractivity contribution in [3.05, 3.63) is 29.8 Å². The SMILES string of the molecule is COc1ccc([C@@H]2CN(C(=O)CN3CCOCC3)[C@@H]3C4CCN(CC4)[C@@H]32)cc1. The van der Waals surface area contributed by atoms with E-state index in [1.807, 2.05) is 0 Å². The largest absolute Gasteiger partial charge is 0.497 e. The zero-order valence-electron chi connectivity index (χ0n) is 16.8. The predicted octanol–water partition coefficient (Wildman–Crippen LogP) is 1.42. The quantitative estimate of drug-likeness (QED) is 0.784. The first-order valence-electron chi connectivity index (χ1n) is 10.7. The minimum atomic E-state index is 0.307. The highest BCUT2D eigenvalue weighted by atomic mass is 16.5. The molecule has 3 atom stereocenters. The van der Waals surface area contributed by atoms with Crippen molar-refractivity contribution in [3.8, 4) is 5.75 Å². The number of benzene rings is 1. The van der Waals surface area contributed by atoms with Gasteiger partial charge in [0.05, 0.1) is 32.9 Å². The van der Waals surface area contributed by atoms with E-state index in [0.29, 0.717) is 36.4 Å². The molecule has 0 spiro atoms. The lowest BCUT2D eigenvalue weighted by Gasteiger charge is -2.51. The van der Waals surface area contributed by atoms with E-state index in [-0.39, 0.29) is 0 Å². The number of fused-ring (bicyclic) bond motifs is 2. The Balaban J connectivity index is 1.39. The third-order valence-corrected chi connectivity index (χ3v) is 7.32. The average Bonchev–Trinajstić information content (AvgIpc) is 3.18. The Labute approximate surface area is 167 Å². The predicted molar refractivity (Wildman–Crippen MR) is 107 cm³/mol. The van der Waals surface area contributed by atoms with E-state index in [9.17, 15) is 4.79 Å². The number of likely N-dealkylation sites (tertiary alicyclic amines) is 1. The van der Waals surface area contributed by atoms with Crippen LogP contribution in [0.1, 0.15) is 24.3 Å². The van der Waals surface area contributed by atoms with Crippen molar-refractivity contribution in [2.24, 2.45) is 5.92 Å². The number of amides is 1. The summed E-state index contributed by atoms with van der Waals surface area (Å²) < 4.78 is 10.8. The monoisotopic (exact) mass is 385 g/mol. The minimum Gasteiger partial charge on any atom is -0.497 e. The van der Waals surface area contributed by atoms with Gasteiger partial charge in [-0.25, -0.2) is 0 Å². The molecule has 5 heterocycles. The summed E-state index contributed by atoms with van der Waals surface area (Å²) in [5.41, 5.74) is 1.34. The van der Waals surface area contributed by atoms with Gasteiger partial charge >= 0.3 is 0 Å². The van der Waals surface area contributed by atoms with Crippen molar-refractivity contribution in [1.29, 1.82) is 0 Å². The van der Waals surface area contributed by atoms with Crippen LogP contribution in [0, 0.1) is 5.92 Å². The second-order valence-electron chi connectivity index (χ2n) is 8.67. The Morgan fingerprint density at radius 3 is 2.46 bits per heavy atom. The van der Waals surface area contributed by atoms with E-state index >= 15 is 0 Å². The van der Waals surface area contributed by atoms with E-state index in [0.717, 1.165) is 38.6 Å². The number of nitrogens with zero attached hydrogens (tertiary/aromatic N) is 3. The van der Waals surface area contributed by atoms with Gasteiger partial charge in [0.25, 0.3) is 0 Å². The van der Waals surface area contributed by atoms with Crippen LogP contribution in [-0.2, 0) is 9.53 Å². The standard InChI is InChI=1S/C22H31N3O3/c1-27-18-4-2-16(3-5-18)19-14-25(20(26)15-23-10-12-28-13-11-23)21-17-6-8-24(9-7-17)22(19)21/h2-5,17,19,21-22H,6-15H2,1H3/t19-,21+,22+/m0/s1. The first-order chi connectivity index (χ1) is 13.7. The summed E-state index contributed by atoms with van der Waals surface area (Å²) in [6.07, 6.45) is 2.47. The van der Waals surface area contributed by atoms with Crippen molar-refractivity contribution in [1.82, 2.24) is 14.7 Å². The summed E-state index contributed by atoms with van der Waals surface area (Å²) in [5, 5.41) is 0. The Kier molecular flexibility index (Phi) is 5.03. The van der Waals surface area contributed by atoms with Crippen LogP contribution in [0.2, 0.25) is 0 Å². The van der Waals surface area contributed by atoms with Crippen LogP contribution in [0.4, 0.5) is 0 Å². The van der Waals surface area contributed by atoms with Crippen LogP contribution in [0.3, 0.4) is 0 Å². The van der Waals surface area contributed by atoms with Gasteiger partial charge in [-0.05, 0) is 49.5 Å². The molecule has 1 aromatic rings. The fourth-order valence-electron chi connectivity index (χ4n) is 5.89. The molecule has 0 aliphatic carbocycles. The smallest absolute Gasteiger partial charge is 0.237 e. The molecule has 0 unspecified atom stereocenters. The van der Waals surface area contributed by atoms with Crippen molar-refractivity contribution in [3.63, 3.8) is 0 Å². The Bertz CT molecular complexity index is 695. The highest BCUT2D eigenvalue weighted by molar-refractivity contribution is 5.79. The van der Waals surface area contributed by atoms with E-state index in [1.165, 1.54) is 31.5 Å². The molecular formula is C22H31N3O3. The van der Waals surface area contributed by atoms with E-state index < -0.39 is 0 Å². The van der Waals surface area contributed by atoms with Crippen molar-refractivity contribution in [2.45, 2.75) is 30.8 Å². The summed E-state index contributed by atoms with van der Waals surface area (Å²) in [6.45, 7) is 6.96. The van der Waals surface area contributed by atoms with Crippen molar-refractivity contribution < 1.29 is 14.3 Å². The molecule has 1 amide bonds. The topological polar surface area (TPSA) is 45.3 Å². The molecule has 0 aromatic heterocycles. The van der Waals surface area contributed by atoms with Gasteiger partial charge in [0.15, 0.2) is 0 Å². The number of methoxy groups -OCH3 is 1. The summed E-state index contributed by atoms with van der Waals surface area (Å²) >= 11 is 0. The van der Waals surface area contributed by atoms with Gasteiger partial charge in [-0.1, -0.05) is 12.1 Å². The number of morpholine rings is 1. The fourth-order valence-corrected chi connectivity index (χ4v) is 5.89. The number of ether oxygens (including phenoxy) is 2. The lowest BCUT2D eigenvalue weighted by atomic mass is 9.75. The lowest BCUT2D eigenvalue weighted by molar-refractivity contribution is -0.138. The number of hydrogen-bond donors (Lipinski definition) is 0. The second kappa shape index (κ2) is 7.65. The number of carbonyl (C=O) groups excluding carboxylic acids is 1. The maximum atomic E-state index is 13.3. The molecule has 5 fully saturated rings. The normalized spacial score (nSPS) is 35.0. The van der Waals surface area contributed by atoms with Gasteiger partial charge in [0.1, 0.15) is 5.75 Å². The molecule has 1 aromatic carbocycles. The molecular weight excluding hydrogens is 354 g/mol. The van der Waals surface area contributed by atoms with Crippen LogP contribution >= 0.6 is 0 Å². The van der Waals surface area contributed by atoms with Gasteiger partial charge in [-0.2, -0.15) is 0 Å². The summed E-state index contributed by atoms with van der Waals surface area (Å²) in [7, 11) is 1.71. The highest BCUT2D eigenvalue weighted by Gasteiger charge is 2.54. The maximum absolute atomic E-state index is 13.3. The van der Waals surface area contributed by atoms with Gasteiger partial charge in [0.2, 0.25) is 5.91 Å². The first-order valence-corrected chi connectivity index (χ1v) is 10.7. The molecule has 0 N–H and O–H groups in total. The zero-order chi connectivity index (χ0) is 19.1. The second-order valence-corrected chi connectivity index (χ2v) is 8.67. The van der Waals surface area contributed by atoms with E-state index in [4.69, 9.17) is 9.47 Å². The number of hydrogen-bond acceptors (Lipinski definition) is 5.